The lowest BCUT2D eigenvalue weighted by Crippen LogP contribution is -2.41. The third-order valence-corrected chi connectivity index (χ3v) is 3.75. The minimum atomic E-state index is -0.372. The second kappa shape index (κ2) is 6.15. The van der Waals surface area contributed by atoms with Crippen molar-refractivity contribution in [2.75, 3.05) is 6.54 Å². The van der Waals surface area contributed by atoms with Crippen LogP contribution in [0.15, 0.2) is 24.3 Å². The number of rotatable bonds is 5. The summed E-state index contributed by atoms with van der Waals surface area (Å²) in [6, 6.07) is 7.66. The number of amides is 1. The molecule has 1 rings (SSSR count). The highest BCUT2D eigenvalue weighted by atomic mass is 32.1. The van der Waals surface area contributed by atoms with E-state index in [1.165, 1.54) is 5.56 Å². The molecule has 1 aromatic carbocycles. The first-order valence-corrected chi connectivity index (χ1v) is 6.83. The molecule has 3 nitrogen and oxygen atoms in total. The van der Waals surface area contributed by atoms with Crippen LogP contribution in [0.1, 0.15) is 49.5 Å². The zero-order valence-corrected chi connectivity index (χ0v) is 12.8. The van der Waals surface area contributed by atoms with Crippen LogP contribution >= 0.6 is 12.2 Å². The fraction of sp³-hybridized carbons (Fsp3) is 0.467. The van der Waals surface area contributed by atoms with Crippen molar-refractivity contribution in [3.8, 4) is 0 Å². The monoisotopic (exact) mass is 278 g/mol. The second-order valence-corrected chi connectivity index (χ2v) is 6.15. The highest BCUT2D eigenvalue weighted by molar-refractivity contribution is 7.80. The Morgan fingerprint density at radius 3 is 2.26 bits per heavy atom. The van der Waals surface area contributed by atoms with Crippen LogP contribution in [0.2, 0.25) is 0 Å². The fourth-order valence-electron chi connectivity index (χ4n) is 1.51. The van der Waals surface area contributed by atoms with Gasteiger partial charge in [0.05, 0.1) is 4.99 Å². The Balaban J connectivity index is 2.66. The van der Waals surface area contributed by atoms with Gasteiger partial charge in [-0.2, -0.15) is 0 Å². The maximum absolute atomic E-state index is 12.0. The van der Waals surface area contributed by atoms with Gasteiger partial charge in [0.2, 0.25) is 0 Å². The molecular weight excluding hydrogens is 256 g/mol. The number of carbonyl (C=O) groups excluding carboxylic acids is 1. The second-order valence-electron chi connectivity index (χ2n) is 5.71. The van der Waals surface area contributed by atoms with Gasteiger partial charge in [0.15, 0.2) is 0 Å². The van der Waals surface area contributed by atoms with E-state index in [0.29, 0.717) is 23.0 Å². The van der Waals surface area contributed by atoms with Gasteiger partial charge < -0.3 is 11.1 Å². The van der Waals surface area contributed by atoms with Crippen LogP contribution in [-0.2, 0) is 0 Å². The van der Waals surface area contributed by atoms with Gasteiger partial charge in [-0.3, -0.25) is 4.79 Å². The van der Waals surface area contributed by atoms with E-state index in [0.717, 1.165) is 0 Å². The molecule has 0 spiro atoms. The van der Waals surface area contributed by atoms with Crippen LogP contribution in [0.5, 0.6) is 0 Å². The van der Waals surface area contributed by atoms with Crippen molar-refractivity contribution in [1.82, 2.24) is 5.32 Å². The van der Waals surface area contributed by atoms with Crippen LogP contribution in [0, 0.1) is 5.41 Å². The first kappa shape index (κ1) is 15.6. The number of thiocarbonyl (C=S) groups is 1. The van der Waals surface area contributed by atoms with E-state index >= 15 is 0 Å². The van der Waals surface area contributed by atoms with Crippen molar-refractivity contribution in [1.29, 1.82) is 0 Å². The maximum atomic E-state index is 12.0. The van der Waals surface area contributed by atoms with E-state index in [-0.39, 0.29) is 11.3 Å². The molecule has 0 aromatic heterocycles. The Hall–Kier alpha value is -1.42. The van der Waals surface area contributed by atoms with Gasteiger partial charge in [-0.15, -0.1) is 0 Å². The number of hydrogen-bond acceptors (Lipinski definition) is 2. The predicted molar refractivity (Wildman–Crippen MR) is 83.4 cm³/mol. The standard InChI is InChI=1S/C15H22N2OS/c1-10(2)11-5-7-12(8-6-11)13(18)17-9-15(3,4)14(16)19/h5-8,10H,9H2,1-4H3,(H2,16,19)(H,17,18). The van der Waals surface area contributed by atoms with Gasteiger partial charge >= 0.3 is 0 Å². The van der Waals surface area contributed by atoms with E-state index in [1.54, 1.807) is 0 Å². The molecule has 0 fully saturated rings. The molecule has 3 N–H and O–H groups in total. The minimum Gasteiger partial charge on any atom is -0.393 e. The Bertz CT molecular complexity index is 464. The third kappa shape index (κ3) is 4.31. The van der Waals surface area contributed by atoms with Crippen LogP contribution in [0.25, 0.3) is 0 Å². The first-order chi connectivity index (χ1) is 8.74. The van der Waals surface area contributed by atoms with Gasteiger partial charge in [-0.25, -0.2) is 0 Å². The Morgan fingerprint density at radius 1 is 1.32 bits per heavy atom. The number of hydrogen-bond donors (Lipinski definition) is 2. The number of carbonyl (C=O) groups is 1. The molecule has 4 heteroatoms. The molecule has 0 radical (unpaired) electrons. The summed E-state index contributed by atoms with van der Waals surface area (Å²) >= 11 is 4.97. The number of nitrogens with one attached hydrogen (secondary N) is 1. The maximum Gasteiger partial charge on any atom is 0.251 e. The van der Waals surface area contributed by atoms with Crippen LogP contribution < -0.4 is 11.1 Å². The summed E-state index contributed by atoms with van der Waals surface area (Å²) in [6.45, 7) is 8.52. The topological polar surface area (TPSA) is 55.1 Å². The van der Waals surface area contributed by atoms with Crippen molar-refractivity contribution in [3.63, 3.8) is 0 Å². The van der Waals surface area contributed by atoms with Crippen LogP contribution in [-0.4, -0.2) is 17.4 Å². The molecule has 1 amide bonds. The largest absolute Gasteiger partial charge is 0.393 e. The van der Waals surface area contributed by atoms with Crippen molar-refractivity contribution < 1.29 is 4.79 Å². The molecule has 0 saturated carbocycles. The van der Waals surface area contributed by atoms with Gasteiger partial charge in [-0.1, -0.05) is 52.0 Å². The van der Waals surface area contributed by atoms with E-state index in [1.807, 2.05) is 38.1 Å². The Kier molecular flexibility index (Phi) is 5.06. The molecule has 0 aliphatic carbocycles. The van der Waals surface area contributed by atoms with Gasteiger partial charge in [0, 0.05) is 17.5 Å². The summed E-state index contributed by atoms with van der Waals surface area (Å²) < 4.78 is 0. The zero-order chi connectivity index (χ0) is 14.6. The molecule has 0 bridgehead atoms. The molecule has 19 heavy (non-hydrogen) atoms. The molecule has 0 saturated heterocycles. The SMILES string of the molecule is CC(C)c1ccc(C(=O)NCC(C)(C)C(N)=S)cc1. The van der Waals surface area contributed by atoms with Gasteiger partial charge in [0.25, 0.3) is 5.91 Å². The average Bonchev–Trinajstić information content (AvgIpc) is 2.36. The van der Waals surface area contributed by atoms with E-state index < -0.39 is 0 Å². The minimum absolute atomic E-state index is 0.0976. The number of nitrogens with two attached hydrogens (primary N) is 1. The van der Waals surface area contributed by atoms with Gasteiger partial charge in [-0.05, 0) is 23.6 Å². The smallest absolute Gasteiger partial charge is 0.251 e. The predicted octanol–water partition coefficient (Wildman–Crippen LogP) is 2.85. The van der Waals surface area contributed by atoms with Crippen LogP contribution in [0.4, 0.5) is 0 Å². The summed E-state index contributed by atoms with van der Waals surface area (Å²) in [5.74, 6) is 0.366. The van der Waals surface area contributed by atoms with Crippen molar-refractivity contribution in [3.05, 3.63) is 35.4 Å². The molecule has 0 aliphatic heterocycles. The molecule has 0 aliphatic rings. The average molecular weight is 278 g/mol. The molecule has 1 aromatic rings. The normalized spacial score (nSPS) is 11.4. The van der Waals surface area contributed by atoms with Crippen molar-refractivity contribution in [2.45, 2.75) is 33.6 Å². The zero-order valence-electron chi connectivity index (χ0n) is 12.0. The van der Waals surface area contributed by atoms with Crippen molar-refractivity contribution in [2.24, 2.45) is 11.1 Å². The summed E-state index contributed by atoms with van der Waals surface area (Å²) in [7, 11) is 0. The lowest BCUT2D eigenvalue weighted by Gasteiger charge is -2.23. The summed E-state index contributed by atoms with van der Waals surface area (Å²) in [6.07, 6.45) is 0. The molecule has 0 unspecified atom stereocenters. The third-order valence-electron chi connectivity index (χ3n) is 3.20. The van der Waals surface area contributed by atoms with E-state index in [9.17, 15) is 4.79 Å². The Morgan fingerprint density at radius 2 is 1.84 bits per heavy atom. The summed E-state index contributed by atoms with van der Waals surface area (Å²) in [5, 5.41) is 2.86. The Labute approximate surface area is 120 Å². The van der Waals surface area contributed by atoms with E-state index in [2.05, 4.69) is 19.2 Å². The van der Waals surface area contributed by atoms with E-state index in [4.69, 9.17) is 18.0 Å². The first-order valence-electron chi connectivity index (χ1n) is 6.42. The molecular formula is C15H22N2OS. The van der Waals surface area contributed by atoms with Crippen molar-refractivity contribution >= 4 is 23.1 Å². The van der Waals surface area contributed by atoms with Crippen LogP contribution in [0.3, 0.4) is 0 Å². The molecule has 0 atom stereocenters. The molecule has 0 heterocycles. The number of benzene rings is 1. The fourth-order valence-corrected chi connectivity index (χ4v) is 1.58. The highest BCUT2D eigenvalue weighted by Gasteiger charge is 2.22. The summed E-state index contributed by atoms with van der Waals surface area (Å²) in [4.78, 5) is 12.4. The lowest BCUT2D eigenvalue weighted by molar-refractivity contribution is 0.0945. The quantitative estimate of drug-likeness (QED) is 0.814. The highest BCUT2D eigenvalue weighted by Crippen LogP contribution is 2.16. The summed E-state index contributed by atoms with van der Waals surface area (Å²) in [5.41, 5.74) is 7.13. The van der Waals surface area contributed by atoms with Gasteiger partial charge in [0.1, 0.15) is 0 Å². The molecule has 104 valence electrons. The lowest BCUT2D eigenvalue weighted by atomic mass is 9.93.